The molecule has 1 amide bonds. The molecule has 0 aromatic carbocycles. The van der Waals surface area contributed by atoms with E-state index in [1.165, 1.54) is 0 Å². The van der Waals surface area contributed by atoms with Crippen LogP contribution < -0.4 is 4.90 Å². The first-order chi connectivity index (χ1) is 11.7. The maximum Gasteiger partial charge on any atom is 0.236 e. The Morgan fingerprint density at radius 2 is 2.38 bits per heavy atom. The van der Waals surface area contributed by atoms with Gasteiger partial charge in [-0.15, -0.1) is 0 Å². The number of anilines is 1. The molecule has 0 saturated carbocycles. The van der Waals surface area contributed by atoms with Gasteiger partial charge in [-0.25, -0.2) is 9.97 Å². The van der Waals surface area contributed by atoms with Gasteiger partial charge >= 0.3 is 0 Å². The molecular formula is C17H22N6O. The number of nitrogens with zero attached hydrogens (tertiary/aromatic N) is 5. The average Bonchev–Trinajstić information content (AvgIpc) is 3.09. The number of aromatic nitrogens is 3. The summed E-state index contributed by atoms with van der Waals surface area (Å²) in [6, 6.07) is 4.11. The molecule has 0 bridgehead atoms. The van der Waals surface area contributed by atoms with Gasteiger partial charge in [-0.1, -0.05) is 13.3 Å². The molecule has 3 rings (SSSR count). The van der Waals surface area contributed by atoms with Crippen molar-refractivity contribution in [3.05, 3.63) is 18.6 Å². The summed E-state index contributed by atoms with van der Waals surface area (Å²) >= 11 is 0. The van der Waals surface area contributed by atoms with Crippen molar-refractivity contribution in [1.29, 1.82) is 5.26 Å². The predicted octanol–water partition coefficient (Wildman–Crippen LogP) is 1.93. The zero-order chi connectivity index (χ0) is 17.1. The van der Waals surface area contributed by atoms with E-state index in [0.29, 0.717) is 12.5 Å². The molecule has 1 aliphatic heterocycles. The lowest BCUT2D eigenvalue weighted by Crippen LogP contribution is -2.53. The topological polar surface area (TPSA) is 88.9 Å². The Hall–Kier alpha value is -2.62. The van der Waals surface area contributed by atoms with Crippen molar-refractivity contribution in [3.63, 3.8) is 0 Å². The lowest BCUT2D eigenvalue weighted by Gasteiger charge is -2.43. The van der Waals surface area contributed by atoms with Crippen molar-refractivity contribution >= 4 is 22.8 Å². The quantitative estimate of drug-likeness (QED) is 0.927. The maximum absolute atomic E-state index is 12.1. The number of piperidine rings is 1. The number of likely N-dealkylation sites (N-methyl/N-ethyl adjacent to an activating group) is 1. The molecule has 0 unspecified atom stereocenters. The van der Waals surface area contributed by atoms with E-state index in [4.69, 9.17) is 5.26 Å². The van der Waals surface area contributed by atoms with Crippen molar-refractivity contribution in [3.8, 4) is 6.07 Å². The number of aromatic amines is 1. The summed E-state index contributed by atoms with van der Waals surface area (Å²) in [5, 5.41) is 9.77. The summed E-state index contributed by atoms with van der Waals surface area (Å²) in [5.74, 6) is 1.28. The summed E-state index contributed by atoms with van der Waals surface area (Å²) in [6.45, 7) is 3.54. The molecule has 1 aliphatic rings. The standard InChI is InChI=1S/C17H22N6O/c1-3-12-6-9-23(15(24)4-7-18)10-14(12)22(2)17-13-5-8-19-16(13)20-11-21-17/h5,8,11-12,14H,3-4,6,9-10H2,1-2H3,(H,19,20,21)/t12-,14+/m1/s1. The molecule has 126 valence electrons. The summed E-state index contributed by atoms with van der Waals surface area (Å²) in [4.78, 5) is 27.9. The van der Waals surface area contributed by atoms with Crippen molar-refractivity contribution < 1.29 is 4.79 Å². The molecule has 2 aromatic heterocycles. The number of rotatable bonds is 4. The molecule has 2 aromatic rings. The zero-order valence-corrected chi connectivity index (χ0v) is 14.1. The number of nitriles is 1. The van der Waals surface area contributed by atoms with Gasteiger partial charge in [-0.2, -0.15) is 5.26 Å². The molecule has 7 heteroatoms. The molecule has 0 radical (unpaired) electrons. The van der Waals surface area contributed by atoms with Crippen LogP contribution in [0.1, 0.15) is 26.2 Å². The van der Waals surface area contributed by atoms with Gasteiger partial charge in [0.25, 0.3) is 0 Å². The van der Waals surface area contributed by atoms with Crippen LogP contribution >= 0.6 is 0 Å². The van der Waals surface area contributed by atoms with Gasteiger partial charge in [0.15, 0.2) is 0 Å². The van der Waals surface area contributed by atoms with Crippen LogP contribution in [0.2, 0.25) is 0 Å². The Morgan fingerprint density at radius 3 is 3.12 bits per heavy atom. The fourth-order valence-electron chi connectivity index (χ4n) is 3.60. The fourth-order valence-corrected chi connectivity index (χ4v) is 3.60. The van der Waals surface area contributed by atoms with Crippen molar-refractivity contribution in [1.82, 2.24) is 19.9 Å². The van der Waals surface area contributed by atoms with Crippen LogP contribution in [0, 0.1) is 17.2 Å². The van der Waals surface area contributed by atoms with Gasteiger partial charge in [0.2, 0.25) is 5.91 Å². The third-order valence-electron chi connectivity index (χ3n) is 4.99. The molecule has 1 N–H and O–H groups in total. The first-order valence-electron chi connectivity index (χ1n) is 8.31. The predicted molar refractivity (Wildman–Crippen MR) is 91.3 cm³/mol. The lowest BCUT2D eigenvalue weighted by molar-refractivity contribution is -0.131. The largest absolute Gasteiger partial charge is 0.354 e. The number of H-pyrrole nitrogens is 1. The van der Waals surface area contributed by atoms with E-state index in [0.717, 1.165) is 36.2 Å². The van der Waals surface area contributed by atoms with Gasteiger partial charge in [0, 0.05) is 26.3 Å². The second kappa shape index (κ2) is 6.87. The van der Waals surface area contributed by atoms with Crippen molar-refractivity contribution in [2.24, 2.45) is 5.92 Å². The summed E-state index contributed by atoms with van der Waals surface area (Å²) in [6.07, 6.45) is 5.37. The Kier molecular flexibility index (Phi) is 4.65. The molecular weight excluding hydrogens is 304 g/mol. The SMILES string of the molecule is CC[C@@H]1CCN(C(=O)CC#N)C[C@@H]1N(C)c1ncnc2[nH]ccc12. The van der Waals surface area contributed by atoms with E-state index in [1.54, 1.807) is 6.33 Å². The Morgan fingerprint density at radius 1 is 1.54 bits per heavy atom. The molecule has 1 fully saturated rings. The van der Waals surface area contributed by atoms with E-state index >= 15 is 0 Å². The molecule has 0 aliphatic carbocycles. The number of hydrogen-bond donors (Lipinski definition) is 1. The van der Waals surface area contributed by atoms with Crippen LogP contribution in [0.25, 0.3) is 11.0 Å². The average molecular weight is 326 g/mol. The number of likely N-dealkylation sites (tertiary alicyclic amines) is 1. The maximum atomic E-state index is 12.1. The minimum Gasteiger partial charge on any atom is -0.354 e. The first kappa shape index (κ1) is 16.2. The highest BCUT2D eigenvalue weighted by Crippen LogP contribution is 2.30. The van der Waals surface area contributed by atoms with Crippen LogP contribution in [-0.4, -0.2) is 51.9 Å². The molecule has 7 nitrogen and oxygen atoms in total. The monoisotopic (exact) mass is 326 g/mol. The van der Waals surface area contributed by atoms with E-state index in [-0.39, 0.29) is 18.4 Å². The van der Waals surface area contributed by atoms with Crippen LogP contribution in [0.3, 0.4) is 0 Å². The molecule has 0 spiro atoms. The second-order valence-corrected chi connectivity index (χ2v) is 6.25. The normalized spacial score (nSPS) is 20.8. The Bertz CT molecular complexity index is 764. The van der Waals surface area contributed by atoms with E-state index < -0.39 is 0 Å². The zero-order valence-electron chi connectivity index (χ0n) is 14.1. The minimum atomic E-state index is -0.0834. The van der Waals surface area contributed by atoms with Crippen molar-refractivity contribution in [2.75, 3.05) is 25.0 Å². The lowest BCUT2D eigenvalue weighted by atomic mass is 9.88. The van der Waals surface area contributed by atoms with Gasteiger partial charge in [-0.3, -0.25) is 4.79 Å². The fraction of sp³-hybridized carbons (Fsp3) is 0.529. The summed E-state index contributed by atoms with van der Waals surface area (Å²) < 4.78 is 0. The minimum absolute atomic E-state index is 0.0528. The van der Waals surface area contributed by atoms with Gasteiger partial charge < -0.3 is 14.8 Å². The van der Waals surface area contributed by atoms with E-state index in [1.807, 2.05) is 30.3 Å². The molecule has 3 heterocycles. The van der Waals surface area contributed by atoms with Crippen LogP contribution in [0.5, 0.6) is 0 Å². The van der Waals surface area contributed by atoms with Gasteiger partial charge in [0.05, 0.1) is 17.5 Å². The second-order valence-electron chi connectivity index (χ2n) is 6.25. The molecule has 24 heavy (non-hydrogen) atoms. The van der Waals surface area contributed by atoms with Crippen LogP contribution in [0.4, 0.5) is 5.82 Å². The number of amides is 1. The van der Waals surface area contributed by atoms with Crippen molar-refractivity contribution in [2.45, 2.75) is 32.2 Å². The number of hydrogen-bond acceptors (Lipinski definition) is 5. The highest BCUT2D eigenvalue weighted by atomic mass is 16.2. The van der Waals surface area contributed by atoms with Crippen LogP contribution in [0.15, 0.2) is 18.6 Å². The number of nitrogens with one attached hydrogen (secondary N) is 1. The summed E-state index contributed by atoms with van der Waals surface area (Å²) in [7, 11) is 2.03. The Balaban J connectivity index is 1.87. The third-order valence-corrected chi connectivity index (χ3v) is 4.99. The molecule has 2 atom stereocenters. The number of carbonyl (C=O) groups excluding carboxylic acids is 1. The van der Waals surface area contributed by atoms with Crippen LogP contribution in [-0.2, 0) is 4.79 Å². The number of carbonyl (C=O) groups is 1. The first-order valence-corrected chi connectivity index (χ1v) is 8.31. The highest BCUT2D eigenvalue weighted by Gasteiger charge is 2.34. The third kappa shape index (κ3) is 2.92. The smallest absolute Gasteiger partial charge is 0.236 e. The van der Waals surface area contributed by atoms with E-state index in [9.17, 15) is 4.79 Å². The highest BCUT2D eigenvalue weighted by molar-refractivity contribution is 5.87. The number of fused-ring (bicyclic) bond motifs is 1. The summed E-state index contributed by atoms with van der Waals surface area (Å²) in [5.41, 5.74) is 0.813. The van der Waals surface area contributed by atoms with Gasteiger partial charge in [-0.05, 0) is 18.4 Å². The Labute approximate surface area is 141 Å². The molecule has 1 saturated heterocycles. The van der Waals surface area contributed by atoms with Gasteiger partial charge in [0.1, 0.15) is 24.2 Å². The van der Waals surface area contributed by atoms with E-state index in [2.05, 4.69) is 26.8 Å².